The summed E-state index contributed by atoms with van der Waals surface area (Å²) >= 11 is 0. The normalized spacial score (nSPS) is 13.0. The van der Waals surface area contributed by atoms with Crippen LogP contribution in [0, 0.1) is 0 Å². The van der Waals surface area contributed by atoms with E-state index in [2.05, 4.69) is 41.4 Å². The van der Waals surface area contributed by atoms with Gasteiger partial charge in [0.15, 0.2) is 0 Å². The second-order valence-electron chi connectivity index (χ2n) is 7.10. The number of sulfonamides is 1. The quantitative estimate of drug-likeness (QED) is 0.735. The van der Waals surface area contributed by atoms with Crippen LogP contribution >= 0.6 is 0 Å². The van der Waals surface area contributed by atoms with Crippen molar-refractivity contribution in [2.75, 3.05) is 34.7 Å². The van der Waals surface area contributed by atoms with Gasteiger partial charge in [0.05, 0.1) is 10.9 Å². The Kier molecular flexibility index (Phi) is 7.35. The van der Waals surface area contributed by atoms with Crippen molar-refractivity contribution >= 4 is 15.9 Å². The molecule has 0 aliphatic heterocycles. The molecule has 2 rings (SSSR count). The van der Waals surface area contributed by atoms with Crippen molar-refractivity contribution in [3.05, 3.63) is 65.2 Å². The minimum absolute atomic E-state index is 0.0447. The molecule has 6 nitrogen and oxygen atoms in total. The van der Waals surface area contributed by atoms with Crippen LogP contribution in [-0.4, -0.2) is 58.3 Å². The molecule has 0 fully saturated rings. The topological polar surface area (TPSA) is 69.7 Å². The third-order valence-electron chi connectivity index (χ3n) is 4.75. The van der Waals surface area contributed by atoms with Crippen LogP contribution in [0.4, 0.5) is 0 Å². The van der Waals surface area contributed by atoms with Crippen molar-refractivity contribution < 1.29 is 13.2 Å². The Morgan fingerprint density at radius 1 is 0.964 bits per heavy atom. The second kappa shape index (κ2) is 9.32. The molecule has 1 atom stereocenters. The Hall–Kier alpha value is -2.22. The minimum atomic E-state index is -3.50. The van der Waals surface area contributed by atoms with Crippen molar-refractivity contribution in [1.82, 2.24) is 14.5 Å². The average molecular weight is 404 g/mol. The first kappa shape index (κ1) is 22.1. The van der Waals surface area contributed by atoms with E-state index in [0.717, 1.165) is 16.3 Å². The molecule has 1 N–H and O–H groups in total. The SMILES string of the molecule is CCc1ccc(C(CNC(=O)c2ccc(S(=O)(=O)N(C)C)cc2)N(C)C)cc1. The number of nitrogens with zero attached hydrogens (tertiary/aromatic N) is 2. The molecule has 1 unspecified atom stereocenters. The number of aryl methyl sites for hydroxylation is 1. The highest BCUT2D eigenvalue weighted by Crippen LogP contribution is 2.19. The number of likely N-dealkylation sites (N-methyl/N-ethyl adjacent to an activating group) is 1. The monoisotopic (exact) mass is 403 g/mol. The van der Waals surface area contributed by atoms with E-state index < -0.39 is 10.0 Å². The Bertz CT molecular complexity index is 889. The van der Waals surface area contributed by atoms with Crippen molar-refractivity contribution in [2.45, 2.75) is 24.3 Å². The molecule has 2 aromatic carbocycles. The van der Waals surface area contributed by atoms with E-state index in [9.17, 15) is 13.2 Å². The van der Waals surface area contributed by atoms with E-state index in [-0.39, 0.29) is 16.8 Å². The molecule has 0 aliphatic carbocycles. The maximum absolute atomic E-state index is 12.5. The lowest BCUT2D eigenvalue weighted by Gasteiger charge is -2.25. The lowest BCUT2D eigenvalue weighted by atomic mass is 10.0. The lowest BCUT2D eigenvalue weighted by Crippen LogP contribution is -2.34. The summed E-state index contributed by atoms with van der Waals surface area (Å²) in [4.78, 5) is 14.7. The molecule has 0 bridgehead atoms. The number of hydrogen-bond donors (Lipinski definition) is 1. The number of rotatable bonds is 8. The molecule has 1 amide bonds. The van der Waals surface area contributed by atoms with Crippen LogP contribution in [0.15, 0.2) is 53.4 Å². The van der Waals surface area contributed by atoms with Crippen molar-refractivity contribution in [2.24, 2.45) is 0 Å². The highest BCUT2D eigenvalue weighted by atomic mass is 32.2. The molecule has 0 heterocycles. The van der Waals surface area contributed by atoms with Crippen LogP contribution in [-0.2, 0) is 16.4 Å². The zero-order chi connectivity index (χ0) is 20.9. The summed E-state index contributed by atoms with van der Waals surface area (Å²) < 4.78 is 25.4. The highest BCUT2D eigenvalue weighted by molar-refractivity contribution is 7.89. The average Bonchev–Trinajstić information content (AvgIpc) is 2.68. The fraction of sp³-hybridized carbons (Fsp3) is 0.381. The number of hydrogen-bond acceptors (Lipinski definition) is 4. The van der Waals surface area contributed by atoms with Crippen LogP contribution in [0.25, 0.3) is 0 Å². The summed E-state index contributed by atoms with van der Waals surface area (Å²) in [5.74, 6) is -0.231. The van der Waals surface area contributed by atoms with Gasteiger partial charge < -0.3 is 10.2 Å². The summed E-state index contributed by atoms with van der Waals surface area (Å²) in [6.07, 6.45) is 0.989. The van der Waals surface area contributed by atoms with Gasteiger partial charge in [-0.05, 0) is 55.9 Å². The Balaban J connectivity index is 2.08. The molecule has 7 heteroatoms. The van der Waals surface area contributed by atoms with Crippen LogP contribution in [0.2, 0.25) is 0 Å². The third kappa shape index (κ3) is 5.19. The number of carbonyl (C=O) groups excluding carboxylic acids is 1. The number of benzene rings is 2. The zero-order valence-corrected chi connectivity index (χ0v) is 18.0. The van der Waals surface area contributed by atoms with Crippen LogP contribution < -0.4 is 5.32 Å². The van der Waals surface area contributed by atoms with Crippen LogP contribution in [0.5, 0.6) is 0 Å². The Morgan fingerprint density at radius 2 is 1.54 bits per heavy atom. The molecule has 0 aromatic heterocycles. The first-order valence-corrected chi connectivity index (χ1v) is 10.7. The van der Waals surface area contributed by atoms with Gasteiger partial charge in [0.1, 0.15) is 0 Å². The largest absolute Gasteiger partial charge is 0.350 e. The van der Waals surface area contributed by atoms with Gasteiger partial charge in [0.2, 0.25) is 10.0 Å². The lowest BCUT2D eigenvalue weighted by molar-refractivity contribution is 0.0942. The van der Waals surface area contributed by atoms with Gasteiger partial charge >= 0.3 is 0 Å². The van der Waals surface area contributed by atoms with Crippen LogP contribution in [0.3, 0.4) is 0 Å². The van der Waals surface area contributed by atoms with Gasteiger partial charge in [-0.1, -0.05) is 31.2 Å². The highest BCUT2D eigenvalue weighted by Gasteiger charge is 2.19. The van der Waals surface area contributed by atoms with Gasteiger partial charge in [0, 0.05) is 26.2 Å². The molecule has 0 spiro atoms. The minimum Gasteiger partial charge on any atom is -0.350 e. The summed E-state index contributed by atoms with van der Waals surface area (Å²) in [7, 11) is 3.41. The fourth-order valence-electron chi connectivity index (χ4n) is 2.85. The van der Waals surface area contributed by atoms with Gasteiger partial charge in [-0.2, -0.15) is 0 Å². The molecule has 0 radical (unpaired) electrons. The maximum Gasteiger partial charge on any atom is 0.251 e. The smallest absolute Gasteiger partial charge is 0.251 e. The summed E-state index contributed by atoms with van der Waals surface area (Å²) in [6.45, 7) is 2.57. The second-order valence-corrected chi connectivity index (χ2v) is 9.25. The zero-order valence-electron chi connectivity index (χ0n) is 17.1. The molecular weight excluding hydrogens is 374 g/mol. The Morgan fingerprint density at radius 3 is 2.00 bits per heavy atom. The molecule has 28 heavy (non-hydrogen) atoms. The maximum atomic E-state index is 12.5. The van der Waals surface area contributed by atoms with E-state index in [4.69, 9.17) is 0 Å². The molecule has 0 saturated heterocycles. The van der Waals surface area contributed by atoms with E-state index in [1.165, 1.54) is 43.9 Å². The van der Waals surface area contributed by atoms with E-state index in [0.29, 0.717) is 12.1 Å². The van der Waals surface area contributed by atoms with Crippen LogP contribution in [0.1, 0.15) is 34.5 Å². The van der Waals surface area contributed by atoms with Gasteiger partial charge in [-0.15, -0.1) is 0 Å². The summed E-state index contributed by atoms with van der Waals surface area (Å²) in [5, 5.41) is 2.95. The van der Waals surface area contributed by atoms with Crippen molar-refractivity contribution in [3.63, 3.8) is 0 Å². The van der Waals surface area contributed by atoms with Gasteiger partial charge in [0.25, 0.3) is 5.91 Å². The molecule has 152 valence electrons. The molecular formula is C21H29N3O3S. The molecule has 0 aliphatic rings. The predicted molar refractivity (Wildman–Crippen MR) is 112 cm³/mol. The van der Waals surface area contributed by atoms with Gasteiger partial charge in [-0.3, -0.25) is 4.79 Å². The van der Waals surface area contributed by atoms with Crippen molar-refractivity contribution in [1.29, 1.82) is 0 Å². The van der Waals surface area contributed by atoms with E-state index in [1.807, 2.05) is 14.1 Å². The first-order valence-electron chi connectivity index (χ1n) is 9.23. The van der Waals surface area contributed by atoms with Gasteiger partial charge in [-0.25, -0.2) is 12.7 Å². The Labute approximate surface area is 168 Å². The third-order valence-corrected chi connectivity index (χ3v) is 6.58. The predicted octanol–water partition coefficient (Wildman–Crippen LogP) is 2.53. The number of carbonyl (C=O) groups is 1. The fourth-order valence-corrected chi connectivity index (χ4v) is 3.76. The number of nitrogens with one attached hydrogen (secondary N) is 1. The molecule has 2 aromatic rings. The summed E-state index contributed by atoms with van der Waals surface area (Å²) in [6, 6.07) is 14.4. The van der Waals surface area contributed by atoms with E-state index in [1.54, 1.807) is 0 Å². The number of amides is 1. The van der Waals surface area contributed by atoms with Crippen molar-refractivity contribution in [3.8, 4) is 0 Å². The first-order chi connectivity index (χ1) is 13.2. The summed E-state index contributed by atoms with van der Waals surface area (Å²) in [5.41, 5.74) is 2.84. The standard InChI is InChI=1S/C21H29N3O3S/c1-6-16-7-9-17(10-8-16)20(23(2)3)15-22-21(25)18-11-13-19(14-12-18)28(26,27)24(4)5/h7-14,20H,6,15H2,1-5H3,(H,22,25). The van der Waals surface area contributed by atoms with E-state index >= 15 is 0 Å². The molecule has 0 saturated carbocycles.